The number of hydrogen-bond donors (Lipinski definition) is 0. The molecule has 0 radical (unpaired) electrons. The van der Waals surface area contributed by atoms with Gasteiger partial charge in [0.25, 0.3) is 0 Å². The molecule has 23 heavy (non-hydrogen) atoms. The van der Waals surface area contributed by atoms with Crippen molar-refractivity contribution < 1.29 is 39.3 Å². The zero-order valence-corrected chi connectivity index (χ0v) is 17.1. The van der Waals surface area contributed by atoms with Crippen LogP contribution >= 0.6 is 0 Å². The first-order valence-corrected chi connectivity index (χ1v) is 8.42. The largest absolute Gasteiger partial charge is 2.00 e. The first-order valence-electron chi connectivity index (χ1n) is 8.42. The number of carbonyl (C=O) groups excluding carboxylic acids is 2. The van der Waals surface area contributed by atoms with Crippen LogP contribution in [0.3, 0.4) is 0 Å². The van der Waals surface area contributed by atoms with Gasteiger partial charge in [-0.2, -0.15) is 0 Å². The molecule has 0 saturated carbocycles. The molecule has 0 atom stereocenters. The third kappa shape index (κ3) is 12.6. The van der Waals surface area contributed by atoms with Crippen LogP contribution < -0.4 is 10.2 Å². The van der Waals surface area contributed by atoms with Crippen molar-refractivity contribution in [3.8, 4) is 0 Å². The fourth-order valence-electron chi connectivity index (χ4n) is 2.86. The number of nitrogens with zero attached hydrogens (tertiary/aromatic N) is 2. The van der Waals surface area contributed by atoms with Crippen molar-refractivity contribution in [2.45, 2.75) is 51.4 Å². The fraction of sp³-hybridized carbons (Fsp3) is 0.875. The summed E-state index contributed by atoms with van der Waals surface area (Å²) in [5.41, 5.74) is 0. The number of carbonyl (C=O) groups is 2. The van der Waals surface area contributed by atoms with Crippen molar-refractivity contribution in [3.05, 3.63) is 0 Å². The maximum absolute atomic E-state index is 10.1. The number of carboxylic acids is 2. The number of carboxylic acid groups (broad SMARTS) is 2. The molecule has 0 bridgehead atoms. The summed E-state index contributed by atoms with van der Waals surface area (Å²) >= 11 is 0. The second kappa shape index (κ2) is 13.9. The molecule has 2 fully saturated rings. The second-order valence-electron chi connectivity index (χ2n) is 6.05. The van der Waals surface area contributed by atoms with E-state index in [9.17, 15) is 19.8 Å². The Morgan fingerprint density at radius 2 is 0.957 bits per heavy atom. The summed E-state index contributed by atoms with van der Waals surface area (Å²) in [6, 6.07) is 0. The number of likely N-dealkylation sites (tertiary alicyclic amines) is 2. The van der Waals surface area contributed by atoms with Gasteiger partial charge in [-0.3, -0.25) is 0 Å². The Hall–Kier alpha value is -0.517. The molecule has 0 amide bonds. The third-order valence-corrected chi connectivity index (χ3v) is 4.16. The van der Waals surface area contributed by atoms with E-state index in [0.29, 0.717) is 13.1 Å². The smallest absolute Gasteiger partial charge is 0.550 e. The zero-order valence-electron chi connectivity index (χ0n) is 14.1. The van der Waals surface area contributed by atoms with E-state index in [1.807, 2.05) is 0 Å². The van der Waals surface area contributed by atoms with Crippen LogP contribution in [0.4, 0.5) is 0 Å². The molecule has 0 aromatic carbocycles. The average Bonchev–Trinajstić information content (AvgIpc) is 2.53. The monoisotopic (exact) mass is 376 g/mol. The van der Waals surface area contributed by atoms with Crippen molar-refractivity contribution in [2.75, 3.05) is 39.3 Å². The molecular formula is C16H28N2O4Zn. The molecule has 2 aliphatic rings. The third-order valence-electron chi connectivity index (χ3n) is 4.16. The van der Waals surface area contributed by atoms with E-state index in [0.717, 1.165) is 26.2 Å². The van der Waals surface area contributed by atoms with Crippen LogP contribution in [0.25, 0.3) is 0 Å². The van der Waals surface area contributed by atoms with Gasteiger partial charge < -0.3 is 29.6 Å². The van der Waals surface area contributed by atoms with Gasteiger partial charge >= 0.3 is 19.5 Å². The minimum atomic E-state index is -0.935. The van der Waals surface area contributed by atoms with Crippen molar-refractivity contribution in [1.29, 1.82) is 0 Å². The van der Waals surface area contributed by atoms with Crippen LogP contribution in [0.5, 0.6) is 0 Å². The van der Waals surface area contributed by atoms with Gasteiger partial charge in [-0.1, -0.05) is 12.8 Å². The number of rotatable bonds is 6. The van der Waals surface area contributed by atoms with E-state index in [1.165, 1.54) is 38.5 Å². The van der Waals surface area contributed by atoms with Crippen molar-refractivity contribution >= 4 is 11.9 Å². The molecule has 0 N–H and O–H groups in total. The predicted octanol–water partition coefficient (Wildman–Crippen LogP) is -0.778. The van der Waals surface area contributed by atoms with Gasteiger partial charge in [-0.15, -0.1) is 0 Å². The molecule has 2 heterocycles. The molecule has 0 unspecified atom stereocenters. The topological polar surface area (TPSA) is 86.7 Å². The molecule has 6 nitrogen and oxygen atoms in total. The molecule has 2 rings (SSSR count). The maximum Gasteiger partial charge on any atom is 2.00 e. The fourth-order valence-corrected chi connectivity index (χ4v) is 2.86. The Morgan fingerprint density at radius 3 is 1.22 bits per heavy atom. The van der Waals surface area contributed by atoms with Gasteiger partial charge in [0, 0.05) is 25.0 Å². The van der Waals surface area contributed by atoms with Crippen LogP contribution in [-0.4, -0.2) is 61.0 Å². The Bertz CT molecular complexity index is 298. The average molecular weight is 378 g/mol. The summed E-state index contributed by atoms with van der Waals surface area (Å²) < 4.78 is 0. The molecular weight excluding hydrogens is 350 g/mol. The Labute approximate surface area is 152 Å². The summed E-state index contributed by atoms with van der Waals surface area (Å²) in [6.07, 6.45) is 7.81. The molecule has 0 aromatic heterocycles. The normalized spacial score (nSPS) is 19.1. The second-order valence-corrected chi connectivity index (χ2v) is 6.05. The standard InChI is InChI=1S/2C8H15NO2.Zn/c2*10-8(11)4-7-9-5-2-1-3-6-9;/h2*1-7H2,(H,10,11);/q;;+2/p-2. The summed E-state index contributed by atoms with van der Waals surface area (Å²) in [5.74, 6) is -1.87. The Balaban J connectivity index is 0.000000403. The van der Waals surface area contributed by atoms with E-state index in [4.69, 9.17) is 0 Å². The van der Waals surface area contributed by atoms with E-state index in [-0.39, 0.29) is 32.3 Å². The first-order chi connectivity index (χ1) is 10.6. The minimum Gasteiger partial charge on any atom is -0.550 e. The Morgan fingerprint density at radius 1 is 0.652 bits per heavy atom. The quantitative estimate of drug-likeness (QED) is 0.564. The summed E-state index contributed by atoms with van der Waals surface area (Å²) in [6.45, 7) is 5.59. The van der Waals surface area contributed by atoms with Gasteiger partial charge in [0.15, 0.2) is 0 Å². The molecule has 7 heteroatoms. The van der Waals surface area contributed by atoms with Crippen molar-refractivity contribution in [2.24, 2.45) is 0 Å². The molecule has 0 aromatic rings. The van der Waals surface area contributed by atoms with Gasteiger partial charge in [-0.25, -0.2) is 0 Å². The number of hydrogen-bond acceptors (Lipinski definition) is 6. The molecule has 0 aliphatic carbocycles. The van der Waals surface area contributed by atoms with E-state index >= 15 is 0 Å². The van der Waals surface area contributed by atoms with Crippen LogP contribution in [0.1, 0.15) is 51.4 Å². The van der Waals surface area contributed by atoms with Crippen LogP contribution in [0.15, 0.2) is 0 Å². The van der Waals surface area contributed by atoms with Gasteiger partial charge in [0.1, 0.15) is 0 Å². The zero-order chi connectivity index (χ0) is 16.2. The van der Waals surface area contributed by atoms with Crippen molar-refractivity contribution in [3.63, 3.8) is 0 Å². The molecule has 2 saturated heterocycles. The summed E-state index contributed by atoms with van der Waals surface area (Å²) in [5, 5.41) is 20.2. The van der Waals surface area contributed by atoms with Crippen LogP contribution in [0.2, 0.25) is 0 Å². The Kier molecular flexibility index (Phi) is 13.6. The van der Waals surface area contributed by atoms with Crippen LogP contribution in [-0.2, 0) is 29.1 Å². The van der Waals surface area contributed by atoms with E-state index < -0.39 is 11.9 Å². The predicted molar refractivity (Wildman–Crippen MR) is 79.8 cm³/mol. The van der Waals surface area contributed by atoms with E-state index in [1.54, 1.807) is 0 Å². The summed E-state index contributed by atoms with van der Waals surface area (Å²) in [4.78, 5) is 24.6. The maximum atomic E-state index is 10.1. The van der Waals surface area contributed by atoms with Gasteiger partial charge in [0.05, 0.1) is 0 Å². The van der Waals surface area contributed by atoms with E-state index in [2.05, 4.69) is 9.80 Å². The number of aliphatic carboxylic acids is 2. The van der Waals surface area contributed by atoms with Gasteiger partial charge in [-0.05, 0) is 64.7 Å². The number of piperidine rings is 2. The molecule has 2 aliphatic heterocycles. The van der Waals surface area contributed by atoms with Crippen molar-refractivity contribution in [1.82, 2.24) is 9.80 Å². The molecule has 128 valence electrons. The van der Waals surface area contributed by atoms with Crippen LogP contribution in [0, 0.1) is 0 Å². The van der Waals surface area contributed by atoms with Gasteiger partial charge in [0.2, 0.25) is 0 Å². The minimum absolute atomic E-state index is 0. The summed E-state index contributed by atoms with van der Waals surface area (Å²) in [7, 11) is 0. The first kappa shape index (κ1) is 22.5. The molecule has 0 spiro atoms. The SMILES string of the molecule is O=C([O-])CCN1CCCCC1.O=C([O-])CCN1CCCCC1.[Zn+2].